The van der Waals surface area contributed by atoms with E-state index in [1.54, 1.807) is 0 Å². The zero-order valence-electron chi connectivity index (χ0n) is 7.64. The zero-order valence-corrected chi connectivity index (χ0v) is 9.21. The fraction of sp³-hybridized carbons (Fsp3) is 0.750. The first kappa shape index (κ1) is 11.4. The molecule has 0 aliphatic carbocycles. The summed E-state index contributed by atoms with van der Waals surface area (Å²) in [4.78, 5) is 0. The summed E-state index contributed by atoms with van der Waals surface area (Å²) in [5.74, 6) is 0. The fourth-order valence-corrected chi connectivity index (χ4v) is 2.94. The SMILES string of the molecule is C=C(C)[CH2][Ti]([O]CC)[O]CC. The van der Waals surface area contributed by atoms with Crippen LogP contribution in [-0.2, 0) is 25.3 Å². The van der Waals surface area contributed by atoms with Gasteiger partial charge < -0.3 is 0 Å². The molecule has 0 aromatic rings. The predicted octanol–water partition coefficient (Wildman–Crippen LogP) is 2.50. The van der Waals surface area contributed by atoms with Gasteiger partial charge in [0.05, 0.1) is 0 Å². The summed E-state index contributed by atoms with van der Waals surface area (Å²) in [6.07, 6.45) is 0. The average molecular weight is 193 g/mol. The standard InChI is InChI=1S/C4H7.2C2H5O.Ti/c1-4(2)3;2*1-2-3;/h1-2H2,3H3;2*2H2,1H3;/q;2*-1;+2. The first-order valence-electron chi connectivity index (χ1n) is 3.96. The van der Waals surface area contributed by atoms with E-state index in [9.17, 15) is 0 Å². The molecule has 0 saturated heterocycles. The zero-order chi connectivity index (χ0) is 8.69. The summed E-state index contributed by atoms with van der Waals surface area (Å²) in [6, 6.07) is 0. The van der Waals surface area contributed by atoms with Crippen molar-refractivity contribution >= 4 is 0 Å². The molecule has 0 amide bonds. The molecular weight excluding hydrogens is 176 g/mol. The third-order valence-corrected chi connectivity index (χ3v) is 4.36. The van der Waals surface area contributed by atoms with Crippen molar-refractivity contribution in [1.82, 2.24) is 0 Å². The van der Waals surface area contributed by atoms with E-state index in [1.807, 2.05) is 20.8 Å². The molecule has 0 spiro atoms. The van der Waals surface area contributed by atoms with Gasteiger partial charge in [0, 0.05) is 0 Å². The van der Waals surface area contributed by atoms with Crippen molar-refractivity contribution in [3.05, 3.63) is 12.2 Å². The Kier molecular flexibility index (Phi) is 7.29. The first-order chi connectivity index (χ1) is 5.20. The third-order valence-electron chi connectivity index (χ3n) is 1.06. The van der Waals surface area contributed by atoms with Crippen LogP contribution in [0.1, 0.15) is 20.8 Å². The van der Waals surface area contributed by atoms with E-state index in [4.69, 9.17) is 6.64 Å². The molecule has 0 radical (unpaired) electrons. The van der Waals surface area contributed by atoms with Crippen LogP contribution in [-0.4, -0.2) is 13.2 Å². The summed E-state index contributed by atoms with van der Waals surface area (Å²) in [5.41, 5.74) is 1.17. The maximum atomic E-state index is 5.48. The fourth-order valence-electron chi connectivity index (χ4n) is 0.712. The molecule has 11 heavy (non-hydrogen) atoms. The van der Waals surface area contributed by atoms with Gasteiger partial charge in [-0.1, -0.05) is 0 Å². The number of hydrogen-bond acceptors (Lipinski definition) is 2. The molecule has 0 saturated carbocycles. The molecule has 0 N–H and O–H groups in total. The Labute approximate surface area is 76.4 Å². The van der Waals surface area contributed by atoms with Crippen molar-refractivity contribution in [2.75, 3.05) is 13.2 Å². The molecule has 3 heteroatoms. The molecular formula is C8H17O2Ti. The Hall–Kier alpha value is 0.374. The van der Waals surface area contributed by atoms with Crippen LogP contribution in [0.5, 0.6) is 0 Å². The first-order valence-corrected chi connectivity index (χ1v) is 6.34. The summed E-state index contributed by atoms with van der Waals surface area (Å²) in [6.45, 7) is 11.4. The molecule has 0 aliphatic rings. The summed E-state index contributed by atoms with van der Waals surface area (Å²) in [5, 5.41) is 0. The van der Waals surface area contributed by atoms with Gasteiger partial charge in [0.2, 0.25) is 0 Å². The number of rotatable bonds is 6. The van der Waals surface area contributed by atoms with Crippen LogP contribution in [0.2, 0.25) is 4.73 Å². The molecule has 0 atom stereocenters. The van der Waals surface area contributed by atoms with Gasteiger partial charge in [0.1, 0.15) is 0 Å². The molecule has 0 fully saturated rings. The number of hydrogen-bond donors (Lipinski definition) is 0. The second kappa shape index (κ2) is 7.05. The Balaban J connectivity index is 3.59. The third kappa shape index (κ3) is 6.76. The normalized spacial score (nSPS) is 9.73. The minimum atomic E-state index is -1.65. The Morgan fingerprint density at radius 2 is 1.73 bits per heavy atom. The summed E-state index contributed by atoms with van der Waals surface area (Å²) in [7, 11) is 0. The van der Waals surface area contributed by atoms with Crippen molar-refractivity contribution in [1.29, 1.82) is 0 Å². The monoisotopic (exact) mass is 193 g/mol. The molecule has 0 unspecified atom stereocenters. The molecule has 0 aromatic carbocycles. The molecule has 0 aliphatic heterocycles. The summed E-state index contributed by atoms with van der Waals surface area (Å²) < 4.78 is 11.9. The quantitative estimate of drug-likeness (QED) is 0.476. The minimum absolute atomic E-state index is 0.766. The van der Waals surface area contributed by atoms with Crippen LogP contribution in [0, 0.1) is 0 Å². The van der Waals surface area contributed by atoms with E-state index in [2.05, 4.69) is 6.58 Å². The number of allylic oxidation sites excluding steroid dienone is 1. The molecule has 0 bridgehead atoms. The van der Waals surface area contributed by atoms with E-state index in [-0.39, 0.29) is 0 Å². The Morgan fingerprint density at radius 3 is 2.00 bits per heavy atom. The molecule has 0 rings (SSSR count). The van der Waals surface area contributed by atoms with Gasteiger partial charge in [-0.3, -0.25) is 0 Å². The Bertz CT molecular complexity index is 109. The van der Waals surface area contributed by atoms with Gasteiger partial charge >= 0.3 is 76.1 Å². The maximum absolute atomic E-state index is 5.48. The van der Waals surface area contributed by atoms with Crippen LogP contribution < -0.4 is 0 Å². The molecule has 0 aromatic heterocycles. The van der Waals surface area contributed by atoms with Crippen LogP contribution in [0.3, 0.4) is 0 Å². The second-order valence-corrected chi connectivity index (χ2v) is 4.99. The topological polar surface area (TPSA) is 18.5 Å². The average Bonchev–Trinajstić information content (AvgIpc) is 1.87. The van der Waals surface area contributed by atoms with Crippen LogP contribution >= 0.6 is 0 Å². The van der Waals surface area contributed by atoms with Crippen molar-refractivity contribution in [3.63, 3.8) is 0 Å². The molecule has 2 nitrogen and oxygen atoms in total. The van der Waals surface area contributed by atoms with Gasteiger partial charge in [-0.25, -0.2) is 0 Å². The van der Waals surface area contributed by atoms with Gasteiger partial charge in [-0.2, -0.15) is 0 Å². The van der Waals surface area contributed by atoms with Crippen LogP contribution in [0.25, 0.3) is 0 Å². The Morgan fingerprint density at radius 1 is 1.27 bits per heavy atom. The van der Waals surface area contributed by atoms with Gasteiger partial charge in [-0.05, 0) is 0 Å². The van der Waals surface area contributed by atoms with E-state index >= 15 is 0 Å². The summed E-state index contributed by atoms with van der Waals surface area (Å²) >= 11 is -1.65. The van der Waals surface area contributed by atoms with Gasteiger partial charge in [0.15, 0.2) is 0 Å². The predicted molar refractivity (Wildman–Crippen MR) is 42.9 cm³/mol. The van der Waals surface area contributed by atoms with E-state index in [0.717, 1.165) is 17.9 Å². The van der Waals surface area contributed by atoms with Crippen molar-refractivity contribution in [2.45, 2.75) is 25.5 Å². The second-order valence-electron chi connectivity index (χ2n) is 2.37. The van der Waals surface area contributed by atoms with E-state index < -0.39 is 18.6 Å². The van der Waals surface area contributed by atoms with Gasteiger partial charge in [0.25, 0.3) is 0 Å². The van der Waals surface area contributed by atoms with Crippen molar-refractivity contribution < 1.29 is 25.3 Å². The van der Waals surface area contributed by atoms with E-state index in [1.165, 1.54) is 5.57 Å². The van der Waals surface area contributed by atoms with Crippen molar-refractivity contribution in [2.24, 2.45) is 0 Å². The molecule has 0 heterocycles. The van der Waals surface area contributed by atoms with Crippen LogP contribution in [0.15, 0.2) is 12.2 Å². The van der Waals surface area contributed by atoms with Crippen molar-refractivity contribution in [3.8, 4) is 0 Å². The van der Waals surface area contributed by atoms with Crippen LogP contribution in [0.4, 0.5) is 0 Å². The van der Waals surface area contributed by atoms with E-state index in [0.29, 0.717) is 0 Å². The van der Waals surface area contributed by atoms with Gasteiger partial charge in [-0.15, -0.1) is 0 Å². The molecule has 65 valence electrons.